The second-order valence-electron chi connectivity index (χ2n) is 8.41. The number of carbonyl (C=O) groups excluding carboxylic acids is 1. The lowest BCUT2D eigenvalue weighted by Gasteiger charge is -2.34. The van der Waals surface area contributed by atoms with E-state index in [2.05, 4.69) is 34.1 Å². The van der Waals surface area contributed by atoms with Gasteiger partial charge in [0.05, 0.1) is 12.2 Å². The first-order valence-corrected chi connectivity index (χ1v) is 11.0. The van der Waals surface area contributed by atoms with Gasteiger partial charge < -0.3 is 19.4 Å². The van der Waals surface area contributed by atoms with Crippen molar-refractivity contribution < 1.29 is 9.53 Å². The van der Waals surface area contributed by atoms with Gasteiger partial charge in [0.1, 0.15) is 12.4 Å². The number of rotatable bonds is 4. The SMILES string of the molecule is COCC(=O)N1CCc2nc(N3CCc4ccccc4C3)nc(N3CCCC3)c2C1. The number of hydrogen-bond donors (Lipinski definition) is 0. The van der Waals surface area contributed by atoms with Gasteiger partial charge >= 0.3 is 0 Å². The van der Waals surface area contributed by atoms with Crippen LogP contribution in [-0.4, -0.2) is 60.7 Å². The summed E-state index contributed by atoms with van der Waals surface area (Å²) in [5.74, 6) is 1.90. The van der Waals surface area contributed by atoms with Gasteiger partial charge in [-0.05, 0) is 30.4 Å². The quantitative estimate of drug-likeness (QED) is 0.774. The van der Waals surface area contributed by atoms with Crippen molar-refractivity contribution in [3.8, 4) is 0 Å². The molecule has 0 bridgehead atoms. The molecule has 1 aromatic heterocycles. The molecule has 1 amide bonds. The van der Waals surface area contributed by atoms with Crippen molar-refractivity contribution in [1.82, 2.24) is 14.9 Å². The van der Waals surface area contributed by atoms with E-state index in [1.807, 2.05) is 4.90 Å². The van der Waals surface area contributed by atoms with Gasteiger partial charge in [-0.25, -0.2) is 4.98 Å². The second-order valence-corrected chi connectivity index (χ2v) is 8.41. The Morgan fingerprint density at radius 2 is 1.77 bits per heavy atom. The van der Waals surface area contributed by atoms with Crippen molar-refractivity contribution in [1.29, 1.82) is 0 Å². The molecule has 0 saturated carbocycles. The van der Waals surface area contributed by atoms with Crippen LogP contribution >= 0.6 is 0 Å². The normalized spacial score (nSPS) is 18.4. The number of aromatic nitrogens is 2. The third-order valence-electron chi connectivity index (χ3n) is 6.47. The molecule has 1 fully saturated rings. The number of methoxy groups -OCH3 is 1. The summed E-state index contributed by atoms with van der Waals surface area (Å²) in [5.41, 5.74) is 5.01. The van der Waals surface area contributed by atoms with E-state index in [9.17, 15) is 4.79 Å². The summed E-state index contributed by atoms with van der Waals surface area (Å²) in [6.07, 6.45) is 4.18. The Labute approximate surface area is 177 Å². The summed E-state index contributed by atoms with van der Waals surface area (Å²) in [7, 11) is 1.57. The molecule has 4 heterocycles. The maximum atomic E-state index is 12.4. The van der Waals surface area contributed by atoms with Crippen molar-refractivity contribution in [2.24, 2.45) is 0 Å². The monoisotopic (exact) mass is 407 g/mol. The zero-order chi connectivity index (χ0) is 20.5. The smallest absolute Gasteiger partial charge is 0.248 e. The summed E-state index contributed by atoms with van der Waals surface area (Å²) < 4.78 is 5.06. The number of carbonyl (C=O) groups is 1. The lowest BCUT2D eigenvalue weighted by molar-refractivity contribution is -0.136. The number of anilines is 2. The largest absolute Gasteiger partial charge is 0.375 e. The van der Waals surface area contributed by atoms with Crippen LogP contribution in [0.5, 0.6) is 0 Å². The van der Waals surface area contributed by atoms with Crippen molar-refractivity contribution in [3.63, 3.8) is 0 Å². The zero-order valence-electron chi connectivity index (χ0n) is 17.6. The van der Waals surface area contributed by atoms with E-state index in [0.29, 0.717) is 13.1 Å². The molecular weight excluding hydrogens is 378 g/mol. The zero-order valence-corrected chi connectivity index (χ0v) is 17.6. The molecule has 2 aromatic rings. The first-order chi connectivity index (χ1) is 14.7. The molecule has 158 valence electrons. The van der Waals surface area contributed by atoms with Gasteiger partial charge in [-0.15, -0.1) is 0 Å². The van der Waals surface area contributed by atoms with Crippen LogP contribution in [0.25, 0.3) is 0 Å². The summed E-state index contributed by atoms with van der Waals surface area (Å²) in [6.45, 7) is 5.23. The van der Waals surface area contributed by atoms with E-state index in [-0.39, 0.29) is 12.5 Å². The topological polar surface area (TPSA) is 61.8 Å². The number of benzene rings is 1. The highest BCUT2D eigenvalue weighted by Gasteiger charge is 2.30. The molecule has 1 aromatic carbocycles. The maximum absolute atomic E-state index is 12.4. The number of amides is 1. The van der Waals surface area contributed by atoms with E-state index in [4.69, 9.17) is 14.7 Å². The van der Waals surface area contributed by atoms with Gasteiger partial charge in [0.25, 0.3) is 0 Å². The average Bonchev–Trinajstić information content (AvgIpc) is 3.32. The minimum atomic E-state index is 0.0345. The van der Waals surface area contributed by atoms with Crippen molar-refractivity contribution >= 4 is 17.7 Å². The van der Waals surface area contributed by atoms with Crippen LogP contribution in [0.3, 0.4) is 0 Å². The fraction of sp³-hybridized carbons (Fsp3) is 0.522. The number of ether oxygens (including phenoxy) is 1. The summed E-state index contributed by atoms with van der Waals surface area (Å²) in [5, 5.41) is 0. The van der Waals surface area contributed by atoms with Crippen LogP contribution in [-0.2, 0) is 35.5 Å². The maximum Gasteiger partial charge on any atom is 0.248 e. The van der Waals surface area contributed by atoms with E-state index in [1.54, 1.807) is 7.11 Å². The fourth-order valence-electron chi connectivity index (χ4n) is 4.81. The molecule has 7 nitrogen and oxygen atoms in total. The van der Waals surface area contributed by atoms with Gasteiger partial charge in [0, 0.05) is 51.8 Å². The van der Waals surface area contributed by atoms with Crippen molar-refractivity contribution in [3.05, 3.63) is 46.6 Å². The molecule has 3 aliphatic heterocycles. The second kappa shape index (κ2) is 8.22. The van der Waals surface area contributed by atoms with E-state index in [1.165, 1.54) is 24.0 Å². The molecular formula is C23H29N5O2. The fourth-order valence-corrected chi connectivity index (χ4v) is 4.81. The Hall–Kier alpha value is -2.67. The molecule has 0 spiro atoms. The molecule has 0 unspecified atom stereocenters. The van der Waals surface area contributed by atoms with E-state index in [0.717, 1.165) is 62.0 Å². The molecule has 0 atom stereocenters. The van der Waals surface area contributed by atoms with Crippen LogP contribution in [0, 0.1) is 0 Å². The summed E-state index contributed by atoms with van der Waals surface area (Å²) in [6, 6.07) is 8.66. The van der Waals surface area contributed by atoms with Gasteiger partial charge in [-0.1, -0.05) is 24.3 Å². The number of nitrogens with zero attached hydrogens (tertiary/aromatic N) is 5. The van der Waals surface area contributed by atoms with E-state index >= 15 is 0 Å². The van der Waals surface area contributed by atoms with Gasteiger partial charge in [-0.3, -0.25) is 4.79 Å². The third-order valence-corrected chi connectivity index (χ3v) is 6.47. The Morgan fingerprint density at radius 1 is 0.967 bits per heavy atom. The molecule has 3 aliphatic rings. The molecule has 0 aliphatic carbocycles. The first-order valence-electron chi connectivity index (χ1n) is 11.0. The Bertz CT molecular complexity index is 941. The minimum Gasteiger partial charge on any atom is -0.375 e. The lowest BCUT2D eigenvalue weighted by Crippen LogP contribution is -2.40. The Kier molecular flexibility index (Phi) is 5.29. The highest BCUT2D eigenvalue weighted by Crippen LogP contribution is 2.32. The molecule has 5 rings (SSSR count). The van der Waals surface area contributed by atoms with Crippen molar-refractivity contribution in [2.75, 3.05) is 49.7 Å². The highest BCUT2D eigenvalue weighted by atomic mass is 16.5. The Balaban J connectivity index is 1.48. The van der Waals surface area contributed by atoms with Gasteiger partial charge in [-0.2, -0.15) is 4.98 Å². The predicted octanol–water partition coefficient (Wildman–Crippen LogP) is 2.17. The van der Waals surface area contributed by atoms with Crippen LogP contribution in [0.4, 0.5) is 11.8 Å². The standard InChI is InChI=1S/C23H29N5O2/c1-30-16-21(29)27-13-9-20-19(15-27)22(26-10-4-5-11-26)25-23(24-20)28-12-8-17-6-2-3-7-18(17)14-28/h2-3,6-7H,4-5,8-16H2,1H3. The Morgan fingerprint density at radius 3 is 2.57 bits per heavy atom. The van der Waals surface area contributed by atoms with Gasteiger partial charge in [0.2, 0.25) is 11.9 Å². The molecule has 30 heavy (non-hydrogen) atoms. The van der Waals surface area contributed by atoms with Crippen LogP contribution in [0.1, 0.15) is 35.2 Å². The van der Waals surface area contributed by atoms with Gasteiger partial charge in [0.15, 0.2) is 0 Å². The number of fused-ring (bicyclic) bond motifs is 2. The molecule has 1 saturated heterocycles. The predicted molar refractivity (Wildman–Crippen MR) is 116 cm³/mol. The highest BCUT2D eigenvalue weighted by molar-refractivity contribution is 5.78. The van der Waals surface area contributed by atoms with Crippen molar-refractivity contribution in [2.45, 2.75) is 38.8 Å². The molecule has 7 heteroatoms. The summed E-state index contributed by atoms with van der Waals surface area (Å²) >= 11 is 0. The first kappa shape index (κ1) is 19.3. The third kappa shape index (κ3) is 3.62. The van der Waals surface area contributed by atoms with Crippen LogP contribution in [0.15, 0.2) is 24.3 Å². The molecule has 0 N–H and O–H groups in total. The lowest BCUT2D eigenvalue weighted by atomic mass is 10.0. The molecule has 0 radical (unpaired) electrons. The average molecular weight is 408 g/mol. The number of hydrogen-bond acceptors (Lipinski definition) is 6. The van der Waals surface area contributed by atoms with E-state index < -0.39 is 0 Å². The summed E-state index contributed by atoms with van der Waals surface area (Å²) in [4.78, 5) is 29.1. The van der Waals surface area contributed by atoms with Crippen LogP contribution < -0.4 is 9.80 Å². The van der Waals surface area contributed by atoms with Crippen LogP contribution in [0.2, 0.25) is 0 Å². The minimum absolute atomic E-state index is 0.0345.